The van der Waals surface area contributed by atoms with Crippen molar-refractivity contribution in [2.75, 3.05) is 0 Å². The molecule has 5 unspecified atom stereocenters. The van der Waals surface area contributed by atoms with Crippen LogP contribution in [0.1, 0.15) is 24.5 Å². The molecule has 0 fully saturated rings. The van der Waals surface area contributed by atoms with E-state index in [2.05, 4.69) is 16.0 Å². The Morgan fingerprint density at radius 2 is 1.20 bits per heavy atom. The Morgan fingerprint density at radius 1 is 0.725 bits per heavy atom. The number of hydrogen-bond acceptors (Lipinski definition) is 9. The lowest BCUT2D eigenvalue weighted by atomic mass is 10.0. The van der Waals surface area contributed by atoms with Gasteiger partial charge in [0.05, 0.1) is 18.6 Å². The van der Waals surface area contributed by atoms with E-state index in [1.165, 1.54) is 43.3 Å². The highest BCUT2D eigenvalue weighted by atomic mass is 16.4. The molecule has 14 heteroatoms. The van der Waals surface area contributed by atoms with E-state index in [-0.39, 0.29) is 24.3 Å². The summed E-state index contributed by atoms with van der Waals surface area (Å²) >= 11 is 0. The summed E-state index contributed by atoms with van der Waals surface area (Å²) in [7, 11) is 0. The maximum atomic E-state index is 12.9. The molecule has 2 aromatic rings. The number of phenols is 2. The van der Waals surface area contributed by atoms with E-state index in [0.29, 0.717) is 11.1 Å². The van der Waals surface area contributed by atoms with Crippen LogP contribution in [-0.2, 0) is 36.8 Å². The predicted molar refractivity (Wildman–Crippen MR) is 139 cm³/mol. The molecule has 3 amide bonds. The van der Waals surface area contributed by atoms with Crippen LogP contribution < -0.4 is 21.7 Å². The molecule has 5 atom stereocenters. The van der Waals surface area contributed by atoms with Gasteiger partial charge in [-0.3, -0.25) is 19.2 Å². The van der Waals surface area contributed by atoms with E-state index in [1.54, 1.807) is 12.1 Å². The summed E-state index contributed by atoms with van der Waals surface area (Å²) < 4.78 is 0. The van der Waals surface area contributed by atoms with Gasteiger partial charge in [-0.2, -0.15) is 0 Å². The van der Waals surface area contributed by atoms with Crippen molar-refractivity contribution < 1.29 is 49.5 Å². The summed E-state index contributed by atoms with van der Waals surface area (Å²) in [5.41, 5.74) is 6.96. The number of nitrogens with two attached hydrogens (primary N) is 1. The minimum Gasteiger partial charge on any atom is -0.508 e. The molecule has 216 valence electrons. The molecule has 0 aliphatic carbocycles. The summed E-state index contributed by atoms with van der Waals surface area (Å²) in [5.74, 6) is -6.01. The molecule has 0 radical (unpaired) electrons. The third-order valence-electron chi connectivity index (χ3n) is 5.79. The second-order valence-electron chi connectivity index (χ2n) is 9.13. The van der Waals surface area contributed by atoms with Crippen molar-refractivity contribution in [2.45, 2.75) is 56.5 Å². The zero-order valence-corrected chi connectivity index (χ0v) is 21.5. The van der Waals surface area contributed by atoms with Gasteiger partial charge in [-0.05, 0) is 48.7 Å². The van der Waals surface area contributed by atoms with Crippen molar-refractivity contribution in [3.63, 3.8) is 0 Å². The maximum absolute atomic E-state index is 12.9. The number of carboxylic acid groups (broad SMARTS) is 2. The van der Waals surface area contributed by atoms with Gasteiger partial charge < -0.3 is 47.2 Å². The monoisotopic (exact) mass is 560 g/mol. The lowest BCUT2D eigenvalue weighted by Gasteiger charge is -2.26. The Labute approximate surface area is 228 Å². The van der Waals surface area contributed by atoms with E-state index < -0.39 is 66.4 Å². The van der Waals surface area contributed by atoms with E-state index in [9.17, 15) is 49.5 Å². The molecule has 2 rings (SSSR count). The normalized spacial score (nSPS) is 14.6. The molecule has 0 bridgehead atoms. The molecule has 0 heterocycles. The Bertz CT molecular complexity index is 1200. The Hall–Kier alpha value is -4.69. The molecule has 10 N–H and O–H groups in total. The highest BCUT2D eigenvalue weighted by molar-refractivity contribution is 5.95. The number of amides is 3. The molecule has 0 saturated carbocycles. The van der Waals surface area contributed by atoms with Gasteiger partial charge in [0.25, 0.3) is 0 Å². The van der Waals surface area contributed by atoms with E-state index in [1.807, 2.05) is 0 Å². The van der Waals surface area contributed by atoms with Gasteiger partial charge in [-0.15, -0.1) is 0 Å². The molecule has 14 nitrogen and oxygen atoms in total. The number of aliphatic hydroxyl groups excluding tert-OH is 1. The average molecular weight is 561 g/mol. The molecule has 2 aromatic carbocycles. The first-order valence-electron chi connectivity index (χ1n) is 12.1. The third-order valence-corrected chi connectivity index (χ3v) is 5.79. The summed E-state index contributed by atoms with van der Waals surface area (Å²) in [5, 5.41) is 54.3. The average Bonchev–Trinajstić information content (AvgIpc) is 2.88. The minimum absolute atomic E-state index is 0.0163. The van der Waals surface area contributed by atoms with Crippen LogP contribution in [-0.4, -0.2) is 85.5 Å². The number of aliphatic hydroxyl groups is 1. The van der Waals surface area contributed by atoms with Gasteiger partial charge in [0, 0.05) is 6.42 Å². The van der Waals surface area contributed by atoms with E-state index >= 15 is 0 Å². The van der Waals surface area contributed by atoms with Crippen LogP contribution >= 0.6 is 0 Å². The van der Waals surface area contributed by atoms with E-state index in [0.717, 1.165) is 0 Å². The van der Waals surface area contributed by atoms with Crippen LogP contribution in [0.25, 0.3) is 0 Å². The number of aliphatic carboxylic acids is 2. The Balaban J connectivity index is 2.11. The lowest BCUT2D eigenvalue weighted by molar-refractivity contribution is -0.143. The van der Waals surface area contributed by atoms with Crippen LogP contribution in [0.3, 0.4) is 0 Å². The van der Waals surface area contributed by atoms with Crippen molar-refractivity contribution in [1.29, 1.82) is 0 Å². The zero-order chi connectivity index (χ0) is 30.0. The largest absolute Gasteiger partial charge is 0.508 e. The highest BCUT2D eigenvalue weighted by Crippen LogP contribution is 2.13. The lowest BCUT2D eigenvalue weighted by Crippen LogP contribution is -2.60. The van der Waals surface area contributed by atoms with E-state index in [4.69, 9.17) is 5.73 Å². The Kier molecular flexibility index (Phi) is 11.4. The Morgan fingerprint density at radius 3 is 1.65 bits per heavy atom. The van der Waals surface area contributed by atoms with Crippen LogP contribution in [0.2, 0.25) is 0 Å². The maximum Gasteiger partial charge on any atom is 0.326 e. The molecule has 0 aromatic heterocycles. The number of carbonyl (C=O) groups is 5. The molecule has 40 heavy (non-hydrogen) atoms. The molecular formula is C26H32N4O10. The summed E-state index contributed by atoms with van der Waals surface area (Å²) in [6.45, 7) is 1.18. The van der Waals surface area contributed by atoms with Gasteiger partial charge in [-0.25, -0.2) is 4.79 Å². The fourth-order valence-corrected chi connectivity index (χ4v) is 3.63. The van der Waals surface area contributed by atoms with Gasteiger partial charge in [-0.1, -0.05) is 24.3 Å². The van der Waals surface area contributed by atoms with Crippen LogP contribution in [0.15, 0.2) is 48.5 Å². The molecular weight excluding hydrogens is 528 g/mol. The quantitative estimate of drug-likeness (QED) is 0.130. The molecule has 0 aliphatic heterocycles. The third kappa shape index (κ3) is 9.89. The minimum atomic E-state index is -1.75. The fourth-order valence-electron chi connectivity index (χ4n) is 3.63. The highest BCUT2D eigenvalue weighted by Gasteiger charge is 2.33. The summed E-state index contributed by atoms with van der Waals surface area (Å²) in [6, 6.07) is 5.37. The number of carboxylic acids is 2. The first-order chi connectivity index (χ1) is 18.8. The number of benzene rings is 2. The van der Waals surface area contributed by atoms with Crippen molar-refractivity contribution in [3.05, 3.63) is 59.7 Å². The summed E-state index contributed by atoms with van der Waals surface area (Å²) in [6.07, 6.45) is -2.59. The standard InChI is InChI=1S/C26H32N4O10/c1-13(31)22(30-23(36)18(27)10-14-2-6-16(32)7-3-14)25(38)28-19(12-21(34)35)24(37)29-20(26(39)40)11-15-4-8-17(33)9-5-15/h2-9,13,18-20,22,31-33H,10-12,27H2,1H3,(H,28,38)(H,29,37)(H,30,36)(H,34,35)(H,39,40). The van der Waals surface area contributed by atoms with Crippen molar-refractivity contribution in [2.24, 2.45) is 5.73 Å². The zero-order valence-electron chi connectivity index (χ0n) is 21.5. The number of nitrogens with one attached hydrogen (secondary N) is 3. The first kappa shape index (κ1) is 31.5. The number of rotatable bonds is 14. The number of carbonyl (C=O) groups excluding carboxylic acids is 3. The van der Waals surface area contributed by atoms with Gasteiger partial charge in [0.2, 0.25) is 17.7 Å². The van der Waals surface area contributed by atoms with Crippen molar-refractivity contribution in [3.8, 4) is 11.5 Å². The second-order valence-corrected chi connectivity index (χ2v) is 9.13. The van der Waals surface area contributed by atoms with Crippen LogP contribution in [0, 0.1) is 0 Å². The van der Waals surface area contributed by atoms with Crippen molar-refractivity contribution in [1.82, 2.24) is 16.0 Å². The first-order valence-corrected chi connectivity index (χ1v) is 12.1. The number of hydrogen-bond donors (Lipinski definition) is 9. The van der Waals surface area contributed by atoms with Gasteiger partial charge in [0.1, 0.15) is 29.6 Å². The van der Waals surface area contributed by atoms with Crippen molar-refractivity contribution >= 4 is 29.7 Å². The molecule has 0 aliphatic rings. The number of aromatic hydroxyl groups is 2. The SMILES string of the molecule is CC(O)C(NC(=O)C(N)Cc1ccc(O)cc1)C(=O)NC(CC(=O)O)C(=O)NC(Cc1ccc(O)cc1)C(=O)O. The van der Waals surface area contributed by atoms with Gasteiger partial charge in [0.15, 0.2) is 0 Å². The molecule has 0 saturated heterocycles. The summed E-state index contributed by atoms with van der Waals surface area (Å²) in [4.78, 5) is 61.5. The predicted octanol–water partition coefficient (Wildman–Crippen LogP) is -1.40. The fraction of sp³-hybridized carbons (Fsp3) is 0.346. The van der Waals surface area contributed by atoms with Crippen LogP contribution in [0.5, 0.6) is 11.5 Å². The number of phenolic OH excluding ortho intramolecular Hbond substituents is 2. The van der Waals surface area contributed by atoms with Crippen LogP contribution in [0.4, 0.5) is 0 Å². The second kappa shape index (κ2) is 14.5. The molecule has 0 spiro atoms. The van der Waals surface area contributed by atoms with Gasteiger partial charge >= 0.3 is 11.9 Å². The topological polar surface area (TPSA) is 249 Å². The smallest absolute Gasteiger partial charge is 0.326 e.